The van der Waals surface area contributed by atoms with E-state index in [9.17, 15) is 9.59 Å². The van der Waals surface area contributed by atoms with Crippen molar-refractivity contribution in [3.63, 3.8) is 0 Å². The van der Waals surface area contributed by atoms with Gasteiger partial charge in [0.15, 0.2) is 6.10 Å². The van der Waals surface area contributed by atoms with Crippen LogP contribution in [0, 0.1) is 0 Å². The summed E-state index contributed by atoms with van der Waals surface area (Å²) in [7, 11) is 0. The number of primary amides is 1. The predicted molar refractivity (Wildman–Crippen MR) is 60.5 cm³/mol. The van der Waals surface area contributed by atoms with Crippen molar-refractivity contribution in [1.29, 1.82) is 0 Å². The highest BCUT2D eigenvalue weighted by atomic mass is 35.5. The van der Waals surface area contributed by atoms with Crippen LogP contribution < -0.4 is 5.73 Å². The number of carbonyl (C=O) groups excluding carboxylic acids is 2. The van der Waals surface area contributed by atoms with Crippen molar-refractivity contribution in [2.24, 2.45) is 5.73 Å². The molecule has 0 fully saturated rings. The molecule has 1 rings (SSSR count). The molecule has 1 atom stereocenters. The second-order valence-corrected chi connectivity index (χ2v) is 3.89. The smallest absolute Gasteiger partial charge is 0.338 e. The van der Waals surface area contributed by atoms with Gasteiger partial charge in [0.25, 0.3) is 5.91 Å². The Morgan fingerprint density at radius 1 is 1.31 bits per heavy atom. The minimum absolute atomic E-state index is 0.211. The van der Waals surface area contributed by atoms with E-state index < -0.39 is 18.0 Å². The largest absolute Gasteiger partial charge is 0.449 e. The number of carbonyl (C=O) groups is 2. The maximum atomic E-state index is 11.5. The average Bonchev–Trinajstić information content (AvgIpc) is 2.21. The molecule has 6 heteroatoms. The van der Waals surface area contributed by atoms with E-state index in [1.807, 2.05) is 0 Å². The summed E-state index contributed by atoms with van der Waals surface area (Å²) in [4.78, 5) is 22.2. The molecule has 0 unspecified atom stereocenters. The van der Waals surface area contributed by atoms with Gasteiger partial charge < -0.3 is 10.5 Å². The number of nitrogens with two attached hydrogens (primary N) is 1. The van der Waals surface area contributed by atoms with Crippen LogP contribution in [-0.2, 0) is 9.53 Å². The first-order chi connectivity index (χ1) is 7.41. The van der Waals surface area contributed by atoms with Crippen LogP contribution in [0.15, 0.2) is 18.2 Å². The molecule has 0 radical (unpaired) electrons. The van der Waals surface area contributed by atoms with Gasteiger partial charge in [-0.25, -0.2) is 4.79 Å². The lowest BCUT2D eigenvalue weighted by atomic mass is 10.2. The molecule has 2 N–H and O–H groups in total. The molecule has 0 bridgehead atoms. The summed E-state index contributed by atoms with van der Waals surface area (Å²) in [5.74, 6) is -1.39. The molecule has 0 aliphatic carbocycles. The summed E-state index contributed by atoms with van der Waals surface area (Å²) >= 11 is 11.4. The number of amides is 1. The fourth-order valence-corrected chi connectivity index (χ4v) is 1.21. The van der Waals surface area contributed by atoms with Crippen LogP contribution in [-0.4, -0.2) is 18.0 Å². The normalized spacial score (nSPS) is 11.9. The van der Waals surface area contributed by atoms with Crippen molar-refractivity contribution in [3.05, 3.63) is 33.8 Å². The first-order valence-corrected chi connectivity index (χ1v) is 5.12. The molecule has 4 nitrogen and oxygen atoms in total. The monoisotopic (exact) mass is 261 g/mol. The number of hydrogen-bond acceptors (Lipinski definition) is 3. The lowest BCUT2D eigenvalue weighted by Crippen LogP contribution is -2.30. The number of rotatable bonds is 3. The van der Waals surface area contributed by atoms with Gasteiger partial charge in [-0.15, -0.1) is 0 Å². The van der Waals surface area contributed by atoms with Crippen LogP contribution in [0.25, 0.3) is 0 Å². The summed E-state index contributed by atoms with van der Waals surface area (Å²) in [5.41, 5.74) is 5.16. The summed E-state index contributed by atoms with van der Waals surface area (Å²) in [6.07, 6.45) is -0.984. The Kier molecular flexibility index (Phi) is 4.15. The van der Waals surface area contributed by atoms with E-state index in [4.69, 9.17) is 33.7 Å². The molecule has 86 valence electrons. The molecular weight excluding hydrogens is 253 g/mol. The van der Waals surface area contributed by atoms with Gasteiger partial charge in [-0.2, -0.15) is 0 Å². The van der Waals surface area contributed by atoms with Crippen molar-refractivity contribution in [2.45, 2.75) is 13.0 Å². The lowest BCUT2D eigenvalue weighted by molar-refractivity contribution is -0.125. The highest BCUT2D eigenvalue weighted by molar-refractivity contribution is 6.42. The molecular formula is C10H9Cl2NO3. The number of benzene rings is 1. The van der Waals surface area contributed by atoms with Crippen LogP contribution in [0.4, 0.5) is 0 Å². The topological polar surface area (TPSA) is 69.4 Å². The van der Waals surface area contributed by atoms with Crippen LogP contribution in [0.3, 0.4) is 0 Å². The highest BCUT2D eigenvalue weighted by Gasteiger charge is 2.16. The molecule has 1 aromatic rings. The highest BCUT2D eigenvalue weighted by Crippen LogP contribution is 2.23. The zero-order chi connectivity index (χ0) is 12.3. The Bertz CT molecular complexity index is 434. The molecule has 0 saturated carbocycles. The average molecular weight is 262 g/mol. The van der Waals surface area contributed by atoms with Crippen LogP contribution >= 0.6 is 23.2 Å². The quantitative estimate of drug-likeness (QED) is 0.847. The number of halogens is 2. The third kappa shape index (κ3) is 3.12. The second-order valence-electron chi connectivity index (χ2n) is 3.08. The van der Waals surface area contributed by atoms with E-state index >= 15 is 0 Å². The molecule has 16 heavy (non-hydrogen) atoms. The van der Waals surface area contributed by atoms with E-state index in [1.54, 1.807) is 0 Å². The predicted octanol–water partition coefficient (Wildman–Crippen LogP) is 2.02. The standard InChI is InChI=1S/C10H9Cl2NO3/c1-5(9(13)14)16-10(15)6-2-3-7(11)8(12)4-6/h2-5H,1H3,(H2,13,14)/t5-/m1/s1. The molecule has 1 amide bonds. The van der Waals surface area contributed by atoms with Crippen LogP contribution in [0.1, 0.15) is 17.3 Å². The molecule has 0 aliphatic heterocycles. The van der Waals surface area contributed by atoms with E-state index in [0.717, 1.165) is 0 Å². The van der Waals surface area contributed by atoms with Gasteiger partial charge in [0, 0.05) is 0 Å². The van der Waals surface area contributed by atoms with Gasteiger partial charge in [-0.3, -0.25) is 4.79 Å². The Labute approximate surface area is 102 Å². The Morgan fingerprint density at radius 3 is 2.44 bits per heavy atom. The lowest BCUT2D eigenvalue weighted by Gasteiger charge is -2.09. The van der Waals surface area contributed by atoms with Crippen LogP contribution in [0.2, 0.25) is 10.0 Å². The van der Waals surface area contributed by atoms with Crippen molar-refractivity contribution >= 4 is 35.1 Å². The zero-order valence-electron chi connectivity index (χ0n) is 8.37. The summed E-state index contributed by atoms with van der Waals surface area (Å²) < 4.78 is 4.78. The number of hydrogen-bond donors (Lipinski definition) is 1. The Hall–Kier alpha value is -1.26. The van der Waals surface area contributed by atoms with Gasteiger partial charge in [0.05, 0.1) is 15.6 Å². The second kappa shape index (κ2) is 5.18. The van der Waals surface area contributed by atoms with Crippen molar-refractivity contribution in [1.82, 2.24) is 0 Å². The van der Waals surface area contributed by atoms with E-state index in [2.05, 4.69) is 0 Å². The van der Waals surface area contributed by atoms with Gasteiger partial charge in [0.2, 0.25) is 0 Å². The summed E-state index contributed by atoms with van der Waals surface area (Å²) in [6, 6.07) is 4.28. The third-order valence-electron chi connectivity index (χ3n) is 1.84. The molecule has 0 heterocycles. The van der Waals surface area contributed by atoms with E-state index in [0.29, 0.717) is 5.02 Å². The first-order valence-electron chi connectivity index (χ1n) is 4.37. The summed E-state index contributed by atoms with van der Waals surface area (Å²) in [6.45, 7) is 1.39. The van der Waals surface area contributed by atoms with E-state index in [1.165, 1.54) is 25.1 Å². The van der Waals surface area contributed by atoms with E-state index in [-0.39, 0.29) is 10.6 Å². The minimum atomic E-state index is -0.984. The molecule has 1 aromatic carbocycles. The Morgan fingerprint density at radius 2 is 1.94 bits per heavy atom. The minimum Gasteiger partial charge on any atom is -0.449 e. The van der Waals surface area contributed by atoms with Crippen molar-refractivity contribution in [2.75, 3.05) is 0 Å². The Balaban J connectivity index is 2.81. The van der Waals surface area contributed by atoms with Crippen LogP contribution in [0.5, 0.6) is 0 Å². The maximum absolute atomic E-state index is 11.5. The third-order valence-corrected chi connectivity index (χ3v) is 2.58. The number of ether oxygens (including phenoxy) is 1. The number of esters is 1. The van der Waals surface area contributed by atoms with Gasteiger partial charge in [-0.1, -0.05) is 23.2 Å². The fourth-order valence-electron chi connectivity index (χ4n) is 0.910. The summed E-state index contributed by atoms with van der Waals surface area (Å²) in [5, 5.41) is 0.573. The fraction of sp³-hybridized carbons (Fsp3) is 0.200. The van der Waals surface area contributed by atoms with Gasteiger partial charge in [-0.05, 0) is 25.1 Å². The molecule has 0 aliphatic rings. The first kappa shape index (κ1) is 12.8. The van der Waals surface area contributed by atoms with Gasteiger partial charge in [0.1, 0.15) is 0 Å². The maximum Gasteiger partial charge on any atom is 0.338 e. The van der Waals surface area contributed by atoms with Crippen molar-refractivity contribution < 1.29 is 14.3 Å². The SMILES string of the molecule is C[C@@H](OC(=O)c1ccc(Cl)c(Cl)c1)C(N)=O. The van der Waals surface area contributed by atoms with Crippen molar-refractivity contribution in [3.8, 4) is 0 Å². The molecule has 0 saturated heterocycles. The van der Waals surface area contributed by atoms with Gasteiger partial charge >= 0.3 is 5.97 Å². The zero-order valence-corrected chi connectivity index (χ0v) is 9.88. The molecule has 0 aromatic heterocycles. The molecule has 0 spiro atoms.